The van der Waals surface area contributed by atoms with Crippen molar-refractivity contribution in [3.8, 4) is 11.5 Å². The monoisotopic (exact) mass is 395 g/mol. The molecule has 0 atom stereocenters. The molecule has 0 aliphatic carbocycles. The van der Waals surface area contributed by atoms with E-state index >= 15 is 0 Å². The molecule has 0 radical (unpaired) electrons. The SMILES string of the molecule is CCOc1cc(/C=C2\N=C(c3ccc(C)cc3)OC2=O)ccc1OCC(=O)OC. The summed E-state index contributed by atoms with van der Waals surface area (Å²) in [5, 5.41) is 0. The second-order valence-corrected chi connectivity index (χ2v) is 6.21. The number of esters is 2. The third kappa shape index (κ3) is 5.01. The van der Waals surface area contributed by atoms with Crippen LogP contribution in [0.3, 0.4) is 0 Å². The van der Waals surface area contributed by atoms with E-state index in [1.54, 1.807) is 24.3 Å². The lowest BCUT2D eigenvalue weighted by atomic mass is 10.1. The number of benzene rings is 2. The van der Waals surface area contributed by atoms with E-state index in [4.69, 9.17) is 14.2 Å². The van der Waals surface area contributed by atoms with E-state index in [1.807, 2.05) is 38.1 Å². The summed E-state index contributed by atoms with van der Waals surface area (Å²) < 4.78 is 20.9. The number of rotatable bonds is 7. The molecule has 0 saturated carbocycles. The Morgan fingerprint density at radius 1 is 1.10 bits per heavy atom. The van der Waals surface area contributed by atoms with E-state index in [9.17, 15) is 9.59 Å². The van der Waals surface area contributed by atoms with Gasteiger partial charge in [-0.1, -0.05) is 23.8 Å². The zero-order chi connectivity index (χ0) is 20.8. The highest BCUT2D eigenvalue weighted by Crippen LogP contribution is 2.30. The van der Waals surface area contributed by atoms with Crippen LogP contribution in [0.4, 0.5) is 0 Å². The fourth-order valence-electron chi connectivity index (χ4n) is 2.58. The topological polar surface area (TPSA) is 83.4 Å². The van der Waals surface area contributed by atoms with Crippen LogP contribution in [0.15, 0.2) is 53.2 Å². The Labute approximate surface area is 168 Å². The van der Waals surface area contributed by atoms with Crippen LogP contribution in [-0.4, -0.2) is 38.2 Å². The maximum absolute atomic E-state index is 12.2. The molecular weight excluding hydrogens is 374 g/mol. The van der Waals surface area contributed by atoms with Crippen LogP contribution in [0.5, 0.6) is 11.5 Å². The first-order chi connectivity index (χ1) is 14.0. The van der Waals surface area contributed by atoms with E-state index in [0.717, 1.165) is 11.1 Å². The minimum atomic E-state index is -0.524. The molecule has 0 fully saturated rings. The van der Waals surface area contributed by atoms with Crippen molar-refractivity contribution in [1.82, 2.24) is 0 Å². The van der Waals surface area contributed by atoms with Crippen LogP contribution in [0.25, 0.3) is 6.08 Å². The number of aliphatic imine (C=N–C) groups is 1. The van der Waals surface area contributed by atoms with E-state index in [0.29, 0.717) is 23.7 Å². The number of hydrogen-bond acceptors (Lipinski definition) is 7. The highest BCUT2D eigenvalue weighted by molar-refractivity contribution is 6.12. The Morgan fingerprint density at radius 2 is 1.86 bits per heavy atom. The van der Waals surface area contributed by atoms with Crippen LogP contribution in [-0.2, 0) is 19.1 Å². The maximum Gasteiger partial charge on any atom is 0.363 e. The molecule has 2 aromatic carbocycles. The standard InChI is InChI=1S/C22H21NO6/c1-4-27-19-12-15(7-10-18(19)28-13-20(24)26-3)11-17-22(25)29-21(23-17)16-8-5-14(2)6-9-16/h5-12H,4,13H2,1-3H3/b17-11-. The molecule has 3 rings (SSSR count). The molecule has 0 spiro atoms. The smallest absolute Gasteiger partial charge is 0.363 e. The van der Waals surface area contributed by atoms with Gasteiger partial charge in [0.15, 0.2) is 23.8 Å². The minimum Gasteiger partial charge on any atom is -0.490 e. The molecule has 29 heavy (non-hydrogen) atoms. The van der Waals surface area contributed by atoms with Gasteiger partial charge in [0.25, 0.3) is 0 Å². The van der Waals surface area contributed by atoms with Crippen molar-refractivity contribution in [3.05, 3.63) is 64.9 Å². The van der Waals surface area contributed by atoms with Crippen LogP contribution >= 0.6 is 0 Å². The molecule has 7 nitrogen and oxygen atoms in total. The van der Waals surface area contributed by atoms with Crippen molar-refractivity contribution < 1.29 is 28.5 Å². The minimum absolute atomic E-state index is 0.186. The van der Waals surface area contributed by atoms with E-state index in [1.165, 1.54) is 7.11 Å². The number of nitrogens with zero attached hydrogens (tertiary/aromatic N) is 1. The maximum atomic E-state index is 12.2. The summed E-state index contributed by atoms with van der Waals surface area (Å²) in [5.74, 6) is 0.0938. The molecule has 150 valence electrons. The Balaban J connectivity index is 1.84. The van der Waals surface area contributed by atoms with Crippen molar-refractivity contribution >= 4 is 23.9 Å². The van der Waals surface area contributed by atoms with Crippen molar-refractivity contribution in [2.75, 3.05) is 20.3 Å². The van der Waals surface area contributed by atoms with Crippen LogP contribution < -0.4 is 9.47 Å². The largest absolute Gasteiger partial charge is 0.490 e. The number of hydrogen-bond donors (Lipinski definition) is 0. The first kappa shape index (κ1) is 20.1. The molecule has 0 aromatic heterocycles. The highest BCUT2D eigenvalue weighted by atomic mass is 16.6. The number of carbonyl (C=O) groups is 2. The number of ether oxygens (including phenoxy) is 4. The summed E-state index contributed by atoms with van der Waals surface area (Å²) in [6, 6.07) is 12.6. The molecule has 0 bridgehead atoms. The van der Waals surface area contributed by atoms with Gasteiger partial charge in [-0.05, 0) is 49.8 Å². The molecule has 0 unspecified atom stereocenters. The second-order valence-electron chi connectivity index (χ2n) is 6.21. The van der Waals surface area contributed by atoms with Crippen LogP contribution in [0.1, 0.15) is 23.6 Å². The lowest BCUT2D eigenvalue weighted by Gasteiger charge is -2.11. The average molecular weight is 395 g/mol. The van der Waals surface area contributed by atoms with Gasteiger partial charge in [0.2, 0.25) is 5.90 Å². The third-order valence-electron chi connectivity index (χ3n) is 4.06. The predicted molar refractivity (Wildman–Crippen MR) is 107 cm³/mol. The lowest BCUT2D eigenvalue weighted by Crippen LogP contribution is -2.13. The first-order valence-electron chi connectivity index (χ1n) is 9.06. The molecule has 1 aliphatic rings. The molecule has 1 heterocycles. The molecule has 0 saturated heterocycles. The summed E-state index contributed by atoms with van der Waals surface area (Å²) in [6.07, 6.45) is 1.61. The summed E-state index contributed by atoms with van der Waals surface area (Å²) in [6.45, 7) is 3.99. The molecule has 7 heteroatoms. The summed E-state index contributed by atoms with van der Waals surface area (Å²) in [4.78, 5) is 27.8. The Morgan fingerprint density at radius 3 is 2.55 bits per heavy atom. The van der Waals surface area contributed by atoms with Gasteiger partial charge in [-0.3, -0.25) is 0 Å². The van der Waals surface area contributed by atoms with Gasteiger partial charge in [-0.2, -0.15) is 0 Å². The van der Waals surface area contributed by atoms with Crippen molar-refractivity contribution in [2.24, 2.45) is 4.99 Å². The van der Waals surface area contributed by atoms with Gasteiger partial charge in [0.1, 0.15) is 0 Å². The normalized spacial score (nSPS) is 14.4. The third-order valence-corrected chi connectivity index (χ3v) is 4.06. The molecular formula is C22H21NO6. The predicted octanol–water partition coefficient (Wildman–Crippen LogP) is 3.29. The molecule has 1 aliphatic heterocycles. The van der Waals surface area contributed by atoms with Crippen LogP contribution in [0, 0.1) is 6.92 Å². The summed E-state index contributed by atoms with van der Waals surface area (Å²) in [5.41, 5.74) is 2.70. The number of cyclic esters (lactones) is 1. The van der Waals surface area contributed by atoms with Crippen molar-refractivity contribution in [1.29, 1.82) is 0 Å². The van der Waals surface area contributed by atoms with E-state index in [-0.39, 0.29) is 18.2 Å². The van der Waals surface area contributed by atoms with Gasteiger partial charge in [0.05, 0.1) is 13.7 Å². The molecule has 0 N–H and O–H groups in total. The van der Waals surface area contributed by atoms with Gasteiger partial charge in [-0.15, -0.1) is 0 Å². The number of carbonyl (C=O) groups excluding carboxylic acids is 2. The first-order valence-corrected chi connectivity index (χ1v) is 9.06. The second kappa shape index (κ2) is 9.05. The quantitative estimate of drug-likeness (QED) is 0.528. The van der Waals surface area contributed by atoms with Gasteiger partial charge < -0.3 is 18.9 Å². The van der Waals surface area contributed by atoms with Crippen LogP contribution in [0.2, 0.25) is 0 Å². The Kier molecular flexibility index (Phi) is 6.29. The average Bonchev–Trinajstić information content (AvgIpc) is 3.08. The number of aryl methyl sites for hydroxylation is 1. The molecule has 2 aromatic rings. The van der Waals surface area contributed by atoms with E-state index in [2.05, 4.69) is 9.73 Å². The van der Waals surface area contributed by atoms with Gasteiger partial charge >= 0.3 is 11.9 Å². The van der Waals surface area contributed by atoms with Crippen molar-refractivity contribution in [3.63, 3.8) is 0 Å². The van der Waals surface area contributed by atoms with E-state index < -0.39 is 11.9 Å². The summed E-state index contributed by atoms with van der Waals surface area (Å²) in [7, 11) is 1.29. The highest BCUT2D eigenvalue weighted by Gasteiger charge is 2.24. The lowest BCUT2D eigenvalue weighted by molar-refractivity contribution is -0.143. The van der Waals surface area contributed by atoms with Gasteiger partial charge in [0, 0.05) is 5.56 Å². The number of methoxy groups -OCH3 is 1. The molecule has 0 amide bonds. The van der Waals surface area contributed by atoms with Gasteiger partial charge in [-0.25, -0.2) is 14.6 Å². The van der Waals surface area contributed by atoms with Crippen molar-refractivity contribution in [2.45, 2.75) is 13.8 Å². The zero-order valence-corrected chi connectivity index (χ0v) is 16.4. The zero-order valence-electron chi connectivity index (χ0n) is 16.4. The Hall–Kier alpha value is -3.61. The fraction of sp³-hybridized carbons (Fsp3) is 0.227. The fourth-order valence-corrected chi connectivity index (χ4v) is 2.58. The Bertz CT molecular complexity index is 975. The summed E-state index contributed by atoms with van der Waals surface area (Å²) >= 11 is 0.